The first-order chi connectivity index (χ1) is 18.3. The van der Waals surface area contributed by atoms with Crippen LogP contribution in [0.15, 0.2) is 143 Å². The molecule has 0 aliphatic carbocycles. The van der Waals surface area contributed by atoms with Gasteiger partial charge in [0.25, 0.3) is 0 Å². The van der Waals surface area contributed by atoms with Gasteiger partial charge in [0.2, 0.25) is 0 Å². The third kappa shape index (κ3) is 4.71. The van der Waals surface area contributed by atoms with Gasteiger partial charge >= 0.3 is 0 Å². The molecule has 5 aromatic rings. The van der Waals surface area contributed by atoms with Crippen LogP contribution in [-0.4, -0.2) is 12.7 Å². The van der Waals surface area contributed by atoms with E-state index in [0.717, 1.165) is 24.2 Å². The fourth-order valence-electron chi connectivity index (χ4n) is 5.39. The van der Waals surface area contributed by atoms with Gasteiger partial charge in [-0.2, -0.15) is 0 Å². The number of rotatable bonds is 7. The summed E-state index contributed by atoms with van der Waals surface area (Å²) in [5.74, 6) is 0. The van der Waals surface area contributed by atoms with Crippen LogP contribution in [0.2, 0.25) is 5.02 Å². The van der Waals surface area contributed by atoms with E-state index in [2.05, 4.69) is 132 Å². The van der Waals surface area contributed by atoms with Crippen LogP contribution in [0.5, 0.6) is 0 Å². The van der Waals surface area contributed by atoms with E-state index in [1.54, 1.807) is 0 Å². The summed E-state index contributed by atoms with van der Waals surface area (Å²) in [5.41, 5.74) is 2.48. The quantitative estimate of drug-likeness (QED) is 0.192. The lowest BCUT2D eigenvalue weighted by molar-refractivity contribution is 0.870. The molecule has 0 aromatic heterocycles. The van der Waals surface area contributed by atoms with Crippen molar-refractivity contribution in [3.63, 3.8) is 0 Å². The number of para-hydroxylation sites is 1. The first-order valence-corrected chi connectivity index (χ1v) is 15.8. The number of hydrogen-bond donors (Lipinski definition) is 0. The zero-order valence-electron chi connectivity index (χ0n) is 20.5. The zero-order valence-corrected chi connectivity index (χ0v) is 23.0. The van der Waals surface area contributed by atoms with Crippen molar-refractivity contribution in [1.82, 2.24) is 0 Å². The van der Waals surface area contributed by atoms with Crippen LogP contribution in [0.4, 0.5) is 11.4 Å². The molecule has 0 saturated heterocycles. The number of fused-ring (bicyclic) bond motifs is 2. The third-order valence-electron chi connectivity index (χ3n) is 7.05. The highest BCUT2D eigenvalue weighted by molar-refractivity contribution is 7.99. The summed E-state index contributed by atoms with van der Waals surface area (Å²) in [6.07, 6.45) is 2.14. The SMILES string of the molecule is Clc1ccc2c(c1)N(CCC[P+](c1ccccc1)(c1ccccc1)c1ccccc1)c1ccccc1S2. The number of nitrogens with zero attached hydrogens (tertiary/aromatic N) is 1. The Morgan fingerprint density at radius 1 is 0.568 bits per heavy atom. The normalized spacial score (nSPS) is 12.6. The van der Waals surface area contributed by atoms with E-state index in [9.17, 15) is 0 Å². The second-order valence-electron chi connectivity index (χ2n) is 9.23. The summed E-state index contributed by atoms with van der Waals surface area (Å²) in [6.45, 7) is 0.930. The fourth-order valence-corrected chi connectivity index (χ4v) is 11.0. The van der Waals surface area contributed by atoms with Crippen LogP contribution in [0.25, 0.3) is 0 Å². The van der Waals surface area contributed by atoms with Gasteiger partial charge in [0.15, 0.2) is 0 Å². The molecule has 1 aliphatic rings. The van der Waals surface area contributed by atoms with E-state index in [1.165, 1.54) is 37.1 Å². The number of anilines is 2. The number of benzene rings is 5. The van der Waals surface area contributed by atoms with E-state index in [-0.39, 0.29) is 0 Å². The average molecular weight is 537 g/mol. The van der Waals surface area contributed by atoms with Gasteiger partial charge in [-0.05, 0) is 66.7 Å². The average Bonchev–Trinajstić information content (AvgIpc) is 2.96. The van der Waals surface area contributed by atoms with Crippen molar-refractivity contribution in [3.8, 4) is 0 Å². The van der Waals surface area contributed by atoms with E-state index in [1.807, 2.05) is 17.8 Å². The lowest BCUT2D eigenvalue weighted by Gasteiger charge is -2.34. The van der Waals surface area contributed by atoms with Crippen LogP contribution in [-0.2, 0) is 0 Å². The van der Waals surface area contributed by atoms with Crippen molar-refractivity contribution in [2.45, 2.75) is 16.2 Å². The van der Waals surface area contributed by atoms with Crippen molar-refractivity contribution in [2.24, 2.45) is 0 Å². The Labute approximate surface area is 229 Å². The molecule has 37 heavy (non-hydrogen) atoms. The molecule has 1 nitrogen and oxygen atoms in total. The van der Waals surface area contributed by atoms with Crippen molar-refractivity contribution in [2.75, 3.05) is 17.6 Å². The third-order valence-corrected chi connectivity index (χ3v) is 12.9. The Hall–Kier alpha value is -3.03. The van der Waals surface area contributed by atoms with Gasteiger partial charge in [-0.15, -0.1) is 0 Å². The predicted octanol–water partition coefficient (Wildman–Crippen LogP) is 8.33. The maximum atomic E-state index is 6.49. The van der Waals surface area contributed by atoms with Gasteiger partial charge in [-0.25, -0.2) is 0 Å². The van der Waals surface area contributed by atoms with E-state index >= 15 is 0 Å². The van der Waals surface area contributed by atoms with Gasteiger partial charge in [0.1, 0.15) is 23.2 Å². The Morgan fingerprint density at radius 2 is 1.08 bits per heavy atom. The second kappa shape index (κ2) is 10.8. The molecule has 5 aromatic carbocycles. The molecular formula is C33H28ClNPS+. The Kier molecular flexibility index (Phi) is 7.07. The molecular weight excluding hydrogens is 509 g/mol. The highest BCUT2D eigenvalue weighted by atomic mass is 35.5. The number of halogens is 1. The Balaban J connectivity index is 1.41. The zero-order chi connectivity index (χ0) is 25.1. The van der Waals surface area contributed by atoms with Gasteiger partial charge in [0.05, 0.1) is 17.5 Å². The fraction of sp³-hybridized carbons (Fsp3) is 0.0909. The maximum Gasteiger partial charge on any atom is 0.112 e. The summed E-state index contributed by atoms with van der Waals surface area (Å²) in [7, 11) is -1.86. The van der Waals surface area contributed by atoms with Gasteiger partial charge in [-0.1, -0.05) is 90.1 Å². The van der Waals surface area contributed by atoms with Crippen molar-refractivity contribution in [3.05, 3.63) is 138 Å². The molecule has 6 rings (SSSR count). The molecule has 182 valence electrons. The minimum absolute atomic E-state index is 0.781. The highest BCUT2D eigenvalue weighted by Gasteiger charge is 2.44. The highest BCUT2D eigenvalue weighted by Crippen LogP contribution is 2.56. The Bertz CT molecular complexity index is 1390. The lowest BCUT2D eigenvalue weighted by Crippen LogP contribution is -2.34. The van der Waals surface area contributed by atoms with E-state index in [4.69, 9.17) is 11.6 Å². The van der Waals surface area contributed by atoms with E-state index in [0.29, 0.717) is 0 Å². The van der Waals surface area contributed by atoms with Crippen LogP contribution in [0.3, 0.4) is 0 Å². The topological polar surface area (TPSA) is 3.24 Å². The van der Waals surface area contributed by atoms with Gasteiger partial charge < -0.3 is 4.90 Å². The van der Waals surface area contributed by atoms with Crippen molar-refractivity contribution in [1.29, 1.82) is 0 Å². The van der Waals surface area contributed by atoms with Crippen LogP contribution in [0.1, 0.15) is 6.42 Å². The smallest absolute Gasteiger partial charge is 0.112 e. The molecule has 0 unspecified atom stereocenters. The summed E-state index contributed by atoms with van der Waals surface area (Å²) in [4.78, 5) is 5.04. The van der Waals surface area contributed by atoms with Gasteiger partial charge in [0, 0.05) is 27.8 Å². The summed E-state index contributed by atoms with van der Waals surface area (Å²) < 4.78 is 0. The first kappa shape index (κ1) is 24.3. The minimum atomic E-state index is -1.86. The first-order valence-electron chi connectivity index (χ1n) is 12.6. The Morgan fingerprint density at radius 3 is 1.68 bits per heavy atom. The molecule has 0 radical (unpaired) electrons. The van der Waals surface area contributed by atoms with Gasteiger partial charge in [-0.3, -0.25) is 0 Å². The van der Waals surface area contributed by atoms with Crippen LogP contribution in [0, 0.1) is 0 Å². The standard InChI is InChI=1S/C33H28ClNPS/c34-26-21-22-33-31(25-26)35(30-19-10-11-20-32(30)37-33)23-12-24-36(27-13-4-1-5-14-27,28-15-6-2-7-16-28)29-17-8-3-9-18-29/h1-11,13-22,25H,12,23-24H2/q+1. The molecule has 4 heteroatoms. The molecule has 0 saturated carbocycles. The number of hydrogen-bond acceptors (Lipinski definition) is 2. The summed E-state index contributed by atoms with van der Waals surface area (Å²) >= 11 is 8.32. The summed E-state index contributed by atoms with van der Waals surface area (Å²) in [5, 5.41) is 5.09. The molecule has 0 bridgehead atoms. The largest absolute Gasteiger partial charge is 0.339 e. The van der Waals surface area contributed by atoms with Crippen LogP contribution >= 0.6 is 30.6 Å². The van der Waals surface area contributed by atoms with E-state index < -0.39 is 7.26 Å². The summed E-state index contributed by atoms with van der Waals surface area (Å²) in [6, 6.07) is 48.5. The lowest BCUT2D eigenvalue weighted by atomic mass is 10.2. The van der Waals surface area contributed by atoms with Crippen molar-refractivity contribution < 1.29 is 0 Å². The van der Waals surface area contributed by atoms with Crippen LogP contribution < -0.4 is 20.8 Å². The second-order valence-corrected chi connectivity index (χ2v) is 14.4. The molecule has 0 amide bonds. The predicted molar refractivity (Wildman–Crippen MR) is 164 cm³/mol. The van der Waals surface area contributed by atoms with Crippen molar-refractivity contribution >= 4 is 57.9 Å². The molecule has 0 spiro atoms. The molecule has 1 aliphatic heterocycles. The monoisotopic (exact) mass is 536 g/mol. The maximum absolute atomic E-state index is 6.49. The molecule has 0 atom stereocenters. The minimum Gasteiger partial charge on any atom is -0.339 e. The molecule has 0 fully saturated rings. The molecule has 0 N–H and O–H groups in total. The molecule has 1 heterocycles.